The van der Waals surface area contributed by atoms with Gasteiger partial charge in [-0.1, -0.05) is 18.1 Å². The van der Waals surface area contributed by atoms with Crippen LogP contribution in [-0.2, 0) is 34.3 Å². The summed E-state index contributed by atoms with van der Waals surface area (Å²) < 4.78 is 46.5. The summed E-state index contributed by atoms with van der Waals surface area (Å²) in [5.41, 5.74) is 4.30. The average molecular weight is 540 g/mol. The van der Waals surface area contributed by atoms with Gasteiger partial charge in [-0.25, -0.2) is 13.2 Å². The maximum atomic E-state index is 13.3. The highest BCUT2D eigenvalue weighted by Gasteiger charge is 2.29. The third-order valence-electron chi connectivity index (χ3n) is 6.55. The molecule has 11 nitrogen and oxygen atoms in total. The fourth-order valence-electron chi connectivity index (χ4n) is 4.37. The lowest BCUT2D eigenvalue weighted by Crippen LogP contribution is -2.21. The number of rotatable bonds is 10. The van der Waals surface area contributed by atoms with Crippen molar-refractivity contribution in [1.29, 1.82) is 0 Å². The number of aryl methyl sites for hydroxylation is 1. The molecule has 2 aromatic carbocycles. The van der Waals surface area contributed by atoms with Gasteiger partial charge in [0, 0.05) is 18.3 Å². The van der Waals surface area contributed by atoms with Crippen LogP contribution in [0.3, 0.4) is 0 Å². The van der Waals surface area contributed by atoms with Gasteiger partial charge in [0.15, 0.2) is 11.4 Å². The summed E-state index contributed by atoms with van der Waals surface area (Å²) >= 11 is 0. The summed E-state index contributed by atoms with van der Waals surface area (Å²) in [7, 11) is -1.24. The monoisotopic (exact) mass is 539 g/mol. The van der Waals surface area contributed by atoms with Crippen molar-refractivity contribution in [2.75, 3.05) is 18.9 Å². The summed E-state index contributed by atoms with van der Waals surface area (Å²) in [6.45, 7) is 2.75. The van der Waals surface area contributed by atoms with Crippen LogP contribution >= 0.6 is 0 Å². The fourth-order valence-corrected chi connectivity index (χ4v) is 5.60. The second kappa shape index (κ2) is 10.4. The Balaban J connectivity index is 1.43. The van der Waals surface area contributed by atoms with Crippen LogP contribution in [0.15, 0.2) is 52.1 Å². The Labute approximate surface area is 220 Å². The van der Waals surface area contributed by atoms with E-state index in [4.69, 9.17) is 9.26 Å². The predicted molar refractivity (Wildman–Crippen MR) is 140 cm³/mol. The molecule has 200 valence electrons. The fraction of sp³-hybridized carbons (Fsp3) is 0.346. The summed E-state index contributed by atoms with van der Waals surface area (Å²) in [6, 6.07) is 8.94. The topological polar surface area (TPSA) is 138 Å². The highest BCUT2D eigenvalue weighted by atomic mass is 32.2. The second-order valence-corrected chi connectivity index (χ2v) is 10.8. The van der Waals surface area contributed by atoms with E-state index < -0.39 is 16.1 Å². The smallest absolute Gasteiger partial charge is 0.407 e. The molecule has 0 aliphatic heterocycles. The van der Waals surface area contributed by atoms with Crippen LogP contribution in [0.1, 0.15) is 47.9 Å². The summed E-state index contributed by atoms with van der Waals surface area (Å²) in [5, 5.41) is 11.7. The molecule has 12 heteroatoms. The van der Waals surface area contributed by atoms with Crippen molar-refractivity contribution < 1.29 is 27.2 Å². The molecule has 38 heavy (non-hydrogen) atoms. The van der Waals surface area contributed by atoms with E-state index in [1.54, 1.807) is 23.0 Å². The zero-order chi connectivity index (χ0) is 26.9. The highest BCUT2D eigenvalue weighted by Crippen LogP contribution is 2.44. The number of nitrogens with one attached hydrogen (secondary N) is 2. The van der Waals surface area contributed by atoms with E-state index in [1.807, 2.05) is 31.3 Å². The zero-order valence-electron chi connectivity index (χ0n) is 21.4. The first-order chi connectivity index (χ1) is 18.3. The lowest BCUT2D eigenvalue weighted by atomic mass is 10.0. The minimum Gasteiger partial charge on any atom is -0.495 e. The number of aromatic nitrogens is 3. The van der Waals surface area contributed by atoms with Gasteiger partial charge in [0.05, 0.1) is 32.3 Å². The molecule has 2 aromatic heterocycles. The molecule has 0 radical (unpaired) electrons. The Morgan fingerprint density at radius 1 is 1.18 bits per heavy atom. The Morgan fingerprint density at radius 3 is 2.71 bits per heavy atom. The minimum absolute atomic E-state index is 0.0470. The first-order valence-electron chi connectivity index (χ1n) is 12.3. The summed E-state index contributed by atoms with van der Waals surface area (Å²) in [6.07, 6.45) is 5.83. The van der Waals surface area contributed by atoms with Gasteiger partial charge >= 0.3 is 6.09 Å². The number of sulfonamides is 1. The minimum atomic E-state index is -3.99. The number of anilines is 1. The van der Waals surface area contributed by atoms with Gasteiger partial charge in [-0.05, 0) is 66.1 Å². The van der Waals surface area contributed by atoms with Gasteiger partial charge in [-0.15, -0.1) is 0 Å². The van der Waals surface area contributed by atoms with Gasteiger partial charge < -0.3 is 19.3 Å². The van der Waals surface area contributed by atoms with E-state index in [2.05, 4.69) is 25.0 Å². The van der Waals surface area contributed by atoms with Crippen molar-refractivity contribution in [3.05, 3.63) is 65.0 Å². The first-order valence-corrected chi connectivity index (χ1v) is 13.7. The quantitative estimate of drug-likeness (QED) is 0.306. The van der Waals surface area contributed by atoms with Crippen molar-refractivity contribution in [2.45, 2.75) is 50.1 Å². The van der Waals surface area contributed by atoms with Crippen molar-refractivity contribution in [3.63, 3.8) is 0 Å². The van der Waals surface area contributed by atoms with Crippen molar-refractivity contribution >= 4 is 32.9 Å². The first kappa shape index (κ1) is 25.6. The van der Waals surface area contributed by atoms with Crippen LogP contribution in [-0.4, -0.2) is 43.7 Å². The van der Waals surface area contributed by atoms with Gasteiger partial charge in [0.25, 0.3) is 10.0 Å². The van der Waals surface area contributed by atoms with E-state index in [-0.39, 0.29) is 16.5 Å². The van der Waals surface area contributed by atoms with Gasteiger partial charge in [0.2, 0.25) is 0 Å². The standard InChI is InChI=1S/C26H29N5O6S/c1-4-16-5-8-22(35-2)24(9-16)38(33,34)30-25-21-11-20(18-6-7-18)19(10-23(21)37-29-25)15-31-14-17(13-28-31)12-27-26(32)36-3/h5,8-11,13-14,18H,4,6-7,12,15H2,1-3H3,(H,27,32)(H,29,30). The van der Waals surface area contributed by atoms with E-state index in [0.29, 0.717) is 36.4 Å². The van der Waals surface area contributed by atoms with E-state index in [0.717, 1.165) is 35.1 Å². The lowest BCUT2D eigenvalue weighted by Gasteiger charge is -2.12. The lowest BCUT2D eigenvalue weighted by molar-refractivity contribution is 0.170. The van der Waals surface area contributed by atoms with Crippen molar-refractivity contribution in [3.8, 4) is 5.75 Å². The molecule has 1 saturated carbocycles. The number of amides is 1. The van der Waals surface area contributed by atoms with Gasteiger partial charge in [-0.2, -0.15) is 5.10 Å². The Hall–Kier alpha value is -4.06. The molecule has 5 rings (SSSR count). The molecule has 4 aromatic rings. The SMILES string of the molecule is CCc1ccc(OC)c(S(=O)(=O)Nc2noc3cc(Cn4cc(CNC(=O)OC)cn4)c(C4CC4)cc23)c1. The number of nitrogens with zero attached hydrogens (tertiary/aromatic N) is 3. The van der Waals surface area contributed by atoms with E-state index >= 15 is 0 Å². The van der Waals surface area contributed by atoms with Crippen molar-refractivity contribution in [1.82, 2.24) is 20.3 Å². The molecular weight excluding hydrogens is 510 g/mol. The van der Waals surface area contributed by atoms with Crippen molar-refractivity contribution in [2.24, 2.45) is 0 Å². The number of carbonyl (C=O) groups excluding carboxylic acids is 1. The second-order valence-electron chi connectivity index (χ2n) is 9.19. The molecule has 2 heterocycles. The number of alkyl carbamates (subject to hydrolysis) is 1. The van der Waals surface area contributed by atoms with Gasteiger partial charge in [0.1, 0.15) is 10.6 Å². The third-order valence-corrected chi connectivity index (χ3v) is 7.91. The molecule has 1 amide bonds. The average Bonchev–Trinajstić information content (AvgIpc) is 3.56. The number of methoxy groups -OCH3 is 2. The normalized spacial score (nSPS) is 13.4. The van der Waals surface area contributed by atoms with Crippen LogP contribution in [0.4, 0.5) is 10.6 Å². The molecule has 1 fully saturated rings. The predicted octanol–water partition coefficient (Wildman–Crippen LogP) is 4.18. The number of ether oxygens (including phenoxy) is 2. The Bertz CT molecular complexity index is 1590. The van der Waals surface area contributed by atoms with Crippen LogP contribution in [0.2, 0.25) is 0 Å². The third kappa shape index (κ3) is 5.30. The number of hydrogen-bond donors (Lipinski definition) is 2. The van der Waals surface area contributed by atoms with Crippen LogP contribution in [0.25, 0.3) is 11.0 Å². The molecule has 0 atom stereocenters. The number of fused-ring (bicyclic) bond motifs is 1. The maximum Gasteiger partial charge on any atom is 0.407 e. The summed E-state index contributed by atoms with van der Waals surface area (Å²) in [5.74, 6) is 0.766. The highest BCUT2D eigenvalue weighted by molar-refractivity contribution is 7.92. The Kier molecular flexibility index (Phi) is 6.98. The molecule has 0 saturated heterocycles. The summed E-state index contributed by atoms with van der Waals surface area (Å²) in [4.78, 5) is 11.4. The molecule has 1 aliphatic carbocycles. The molecular formula is C26H29N5O6S. The number of benzene rings is 2. The molecule has 2 N–H and O–H groups in total. The van der Waals surface area contributed by atoms with Crippen LogP contribution < -0.4 is 14.8 Å². The molecule has 0 bridgehead atoms. The maximum absolute atomic E-state index is 13.3. The largest absolute Gasteiger partial charge is 0.495 e. The zero-order valence-corrected chi connectivity index (χ0v) is 22.2. The molecule has 0 unspecified atom stereocenters. The van der Waals surface area contributed by atoms with E-state index in [9.17, 15) is 13.2 Å². The van der Waals surface area contributed by atoms with Crippen LogP contribution in [0.5, 0.6) is 5.75 Å². The Morgan fingerprint density at radius 2 is 2.00 bits per heavy atom. The van der Waals surface area contributed by atoms with Gasteiger partial charge in [-0.3, -0.25) is 9.40 Å². The number of carbonyl (C=O) groups is 1. The molecule has 1 aliphatic rings. The van der Waals surface area contributed by atoms with Crippen LogP contribution in [0, 0.1) is 0 Å². The number of hydrogen-bond acceptors (Lipinski definition) is 8. The van der Waals surface area contributed by atoms with E-state index in [1.165, 1.54) is 14.2 Å². The molecule has 0 spiro atoms.